The zero-order chi connectivity index (χ0) is 14.7. The number of hydrogen-bond acceptors (Lipinski definition) is 3. The molecule has 2 amide bonds. The number of carbonyl (C=O) groups is 2. The number of nitrogens with one attached hydrogen (secondary N) is 1. The van der Waals surface area contributed by atoms with E-state index in [4.69, 9.17) is 23.1 Å². The zero-order valence-corrected chi connectivity index (χ0v) is 11.1. The monoisotopic (exact) mass is 289 g/mol. The minimum absolute atomic E-state index is 0.266. The molecule has 2 rings (SSSR count). The second-order valence-electron chi connectivity index (χ2n) is 4.14. The Morgan fingerprint density at radius 1 is 1.00 bits per heavy atom. The maximum absolute atomic E-state index is 12.0. The van der Waals surface area contributed by atoms with Crippen molar-refractivity contribution in [1.29, 1.82) is 0 Å². The van der Waals surface area contributed by atoms with Gasteiger partial charge in [-0.05, 0) is 42.5 Å². The summed E-state index contributed by atoms with van der Waals surface area (Å²) in [6, 6.07) is 10.9. The third kappa shape index (κ3) is 3.07. The Morgan fingerprint density at radius 3 is 2.20 bits per heavy atom. The van der Waals surface area contributed by atoms with Crippen LogP contribution in [0.2, 0.25) is 5.02 Å². The number of nitrogens with two attached hydrogens (primary N) is 2. The Labute approximate surface area is 120 Å². The summed E-state index contributed by atoms with van der Waals surface area (Å²) in [5, 5.41) is 2.94. The number of amides is 2. The molecule has 0 aliphatic rings. The number of rotatable bonds is 3. The molecule has 0 saturated heterocycles. The van der Waals surface area contributed by atoms with Crippen molar-refractivity contribution >= 4 is 34.8 Å². The summed E-state index contributed by atoms with van der Waals surface area (Å²) < 4.78 is 0. The highest BCUT2D eigenvalue weighted by Crippen LogP contribution is 2.23. The predicted molar refractivity (Wildman–Crippen MR) is 78.8 cm³/mol. The first-order chi connectivity index (χ1) is 9.47. The highest BCUT2D eigenvalue weighted by Gasteiger charge is 2.10. The lowest BCUT2D eigenvalue weighted by atomic mass is 10.1. The molecule has 0 fully saturated rings. The van der Waals surface area contributed by atoms with E-state index in [0.717, 1.165) is 0 Å². The fourth-order valence-corrected chi connectivity index (χ4v) is 1.77. The summed E-state index contributed by atoms with van der Waals surface area (Å²) in [6.07, 6.45) is 0. The number of halogens is 1. The molecular weight excluding hydrogens is 278 g/mol. The summed E-state index contributed by atoms with van der Waals surface area (Å²) in [6.45, 7) is 0. The first-order valence-corrected chi connectivity index (χ1v) is 6.11. The molecule has 0 unspecified atom stereocenters. The molecule has 5 N–H and O–H groups in total. The quantitative estimate of drug-likeness (QED) is 0.756. The van der Waals surface area contributed by atoms with E-state index in [1.165, 1.54) is 18.2 Å². The van der Waals surface area contributed by atoms with Crippen LogP contribution in [-0.4, -0.2) is 11.8 Å². The third-order valence-electron chi connectivity index (χ3n) is 2.67. The minimum atomic E-state index is -0.593. The van der Waals surface area contributed by atoms with Crippen molar-refractivity contribution in [2.24, 2.45) is 5.73 Å². The molecule has 2 aromatic rings. The molecule has 0 saturated carbocycles. The summed E-state index contributed by atoms with van der Waals surface area (Å²) >= 11 is 5.97. The van der Waals surface area contributed by atoms with Crippen LogP contribution in [0.3, 0.4) is 0 Å². The van der Waals surface area contributed by atoms with E-state index in [9.17, 15) is 9.59 Å². The smallest absolute Gasteiger partial charge is 0.255 e. The summed E-state index contributed by atoms with van der Waals surface area (Å²) in [5.74, 6) is -0.946. The summed E-state index contributed by atoms with van der Waals surface area (Å²) in [4.78, 5) is 23.1. The van der Waals surface area contributed by atoms with E-state index in [2.05, 4.69) is 5.32 Å². The van der Waals surface area contributed by atoms with Gasteiger partial charge in [0.1, 0.15) is 0 Å². The van der Waals surface area contributed by atoms with Crippen molar-refractivity contribution in [2.75, 3.05) is 11.1 Å². The van der Waals surface area contributed by atoms with Gasteiger partial charge < -0.3 is 16.8 Å². The predicted octanol–water partition coefficient (Wildman–Crippen LogP) is 2.27. The van der Waals surface area contributed by atoms with Crippen molar-refractivity contribution < 1.29 is 9.59 Å². The number of nitrogen functional groups attached to an aromatic ring is 1. The average molecular weight is 290 g/mol. The fourth-order valence-electron chi connectivity index (χ4n) is 1.60. The highest BCUT2D eigenvalue weighted by atomic mass is 35.5. The lowest BCUT2D eigenvalue weighted by Gasteiger charge is -2.08. The van der Waals surface area contributed by atoms with Crippen molar-refractivity contribution in [3.05, 3.63) is 58.6 Å². The van der Waals surface area contributed by atoms with Crippen LogP contribution >= 0.6 is 11.6 Å². The number of carbonyl (C=O) groups excluding carboxylic acids is 2. The van der Waals surface area contributed by atoms with Gasteiger partial charge in [0.15, 0.2) is 0 Å². The lowest BCUT2D eigenvalue weighted by Crippen LogP contribution is -2.14. The van der Waals surface area contributed by atoms with E-state index >= 15 is 0 Å². The Balaban J connectivity index is 2.25. The number of benzene rings is 2. The maximum atomic E-state index is 12.0. The van der Waals surface area contributed by atoms with Crippen LogP contribution in [0.1, 0.15) is 20.7 Å². The zero-order valence-electron chi connectivity index (χ0n) is 10.4. The van der Waals surface area contributed by atoms with Gasteiger partial charge >= 0.3 is 0 Å². The van der Waals surface area contributed by atoms with Crippen LogP contribution in [0, 0.1) is 0 Å². The Bertz CT molecular complexity index is 669. The van der Waals surface area contributed by atoms with Gasteiger partial charge in [-0.15, -0.1) is 0 Å². The van der Waals surface area contributed by atoms with E-state index in [1.54, 1.807) is 24.3 Å². The second-order valence-corrected chi connectivity index (χ2v) is 4.54. The fraction of sp³-hybridized carbons (Fsp3) is 0. The summed E-state index contributed by atoms with van der Waals surface area (Å²) in [7, 11) is 0. The molecule has 0 atom stereocenters. The van der Waals surface area contributed by atoms with E-state index in [0.29, 0.717) is 22.0 Å². The van der Waals surface area contributed by atoms with Gasteiger partial charge in [-0.1, -0.05) is 11.6 Å². The topological polar surface area (TPSA) is 98.2 Å². The van der Waals surface area contributed by atoms with E-state index in [-0.39, 0.29) is 11.5 Å². The Hall–Kier alpha value is -2.53. The standard InChI is InChI=1S/C14H12ClN3O2/c15-11-6-3-9(13(17)19)7-12(11)18-14(20)8-1-4-10(16)5-2-8/h1-7H,16H2,(H2,17,19)(H,18,20). The van der Waals surface area contributed by atoms with Crippen LogP contribution in [0.15, 0.2) is 42.5 Å². The molecule has 20 heavy (non-hydrogen) atoms. The lowest BCUT2D eigenvalue weighted by molar-refractivity contribution is 0.0996. The maximum Gasteiger partial charge on any atom is 0.255 e. The normalized spacial score (nSPS) is 10.1. The summed E-state index contributed by atoms with van der Waals surface area (Å²) in [5.41, 5.74) is 12.3. The van der Waals surface area contributed by atoms with Crippen molar-refractivity contribution in [2.45, 2.75) is 0 Å². The molecule has 0 aliphatic heterocycles. The van der Waals surface area contributed by atoms with Gasteiger partial charge in [0.2, 0.25) is 5.91 Å². The molecule has 0 bridgehead atoms. The van der Waals surface area contributed by atoms with Crippen LogP contribution in [0.4, 0.5) is 11.4 Å². The Kier molecular flexibility index (Phi) is 3.91. The van der Waals surface area contributed by atoms with E-state index < -0.39 is 5.91 Å². The Morgan fingerprint density at radius 2 is 1.60 bits per heavy atom. The van der Waals surface area contributed by atoms with Crippen LogP contribution in [-0.2, 0) is 0 Å². The molecule has 102 valence electrons. The van der Waals surface area contributed by atoms with Crippen molar-refractivity contribution in [3.8, 4) is 0 Å². The largest absolute Gasteiger partial charge is 0.399 e. The first kappa shape index (κ1) is 13.9. The van der Waals surface area contributed by atoms with E-state index in [1.807, 2.05) is 0 Å². The molecule has 5 nitrogen and oxygen atoms in total. The molecule has 0 aromatic heterocycles. The van der Waals surface area contributed by atoms with Gasteiger partial charge in [0.05, 0.1) is 10.7 Å². The van der Waals surface area contributed by atoms with Gasteiger partial charge in [0.25, 0.3) is 5.91 Å². The van der Waals surface area contributed by atoms with Crippen LogP contribution in [0.5, 0.6) is 0 Å². The highest BCUT2D eigenvalue weighted by molar-refractivity contribution is 6.34. The molecule has 0 aliphatic carbocycles. The van der Waals surface area contributed by atoms with Crippen LogP contribution in [0.25, 0.3) is 0 Å². The van der Waals surface area contributed by atoms with Gasteiger partial charge in [0, 0.05) is 16.8 Å². The second kappa shape index (κ2) is 5.63. The molecule has 0 heterocycles. The average Bonchev–Trinajstić information content (AvgIpc) is 2.41. The van der Waals surface area contributed by atoms with Crippen molar-refractivity contribution in [3.63, 3.8) is 0 Å². The SMILES string of the molecule is NC(=O)c1ccc(Cl)c(NC(=O)c2ccc(N)cc2)c1. The number of primary amides is 1. The van der Waals surface area contributed by atoms with Gasteiger partial charge in [-0.3, -0.25) is 9.59 Å². The molecular formula is C14H12ClN3O2. The molecule has 0 radical (unpaired) electrons. The minimum Gasteiger partial charge on any atom is -0.399 e. The van der Waals surface area contributed by atoms with Crippen molar-refractivity contribution in [1.82, 2.24) is 0 Å². The first-order valence-electron chi connectivity index (χ1n) is 5.73. The van der Waals surface area contributed by atoms with Gasteiger partial charge in [-0.2, -0.15) is 0 Å². The molecule has 6 heteroatoms. The van der Waals surface area contributed by atoms with Crippen LogP contribution < -0.4 is 16.8 Å². The number of anilines is 2. The molecule has 2 aromatic carbocycles. The number of hydrogen-bond donors (Lipinski definition) is 3. The molecule has 0 spiro atoms. The third-order valence-corrected chi connectivity index (χ3v) is 3.00. The van der Waals surface area contributed by atoms with Gasteiger partial charge in [-0.25, -0.2) is 0 Å².